The molecule has 7 heteroatoms. The van der Waals surface area contributed by atoms with Gasteiger partial charge in [-0.05, 0) is 6.07 Å². The van der Waals surface area contributed by atoms with Gasteiger partial charge < -0.3 is 10.8 Å². The van der Waals surface area contributed by atoms with Gasteiger partial charge in [0.2, 0.25) is 0 Å². The third kappa shape index (κ3) is 1.47. The van der Waals surface area contributed by atoms with Gasteiger partial charge in [0.1, 0.15) is 4.88 Å². The van der Waals surface area contributed by atoms with Crippen LogP contribution in [0.1, 0.15) is 9.67 Å². The molecule has 82 valence electrons. The summed E-state index contributed by atoms with van der Waals surface area (Å²) >= 11 is 0.935. The quantitative estimate of drug-likeness (QED) is 0.615. The van der Waals surface area contributed by atoms with Crippen molar-refractivity contribution in [2.24, 2.45) is 0 Å². The molecule has 2 rings (SSSR count). The van der Waals surface area contributed by atoms with Crippen LogP contribution in [0.15, 0.2) is 18.2 Å². The van der Waals surface area contributed by atoms with Crippen molar-refractivity contribution in [3.63, 3.8) is 0 Å². The zero-order valence-electron chi connectivity index (χ0n) is 7.84. The minimum absolute atomic E-state index is 0.00972. The van der Waals surface area contributed by atoms with Crippen LogP contribution in [-0.2, 0) is 0 Å². The molecule has 0 aliphatic heterocycles. The number of nitro groups is 1. The Labute approximate surface area is 93.1 Å². The van der Waals surface area contributed by atoms with E-state index in [1.807, 2.05) is 0 Å². The SMILES string of the molecule is Nc1c(C(=O)O)sc2cc([N+](=O)[O-])ccc12. The zero-order valence-corrected chi connectivity index (χ0v) is 8.65. The lowest BCUT2D eigenvalue weighted by Gasteiger charge is -1.92. The van der Waals surface area contributed by atoms with E-state index >= 15 is 0 Å². The Bertz CT molecular complexity index is 605. The predicted octanol–water partition coefficient (Wildman–Crippen LogP) is 2.09. The molecule has 1 heterocycles. The van der Waals surface area contributed by atoms with E-state index in [1.165, 1.54) is 18.2 Å². The van der Waals surface area contributed by atoms with Crippen molar-refractivity contribution in [2.75, 3.05) is 5.73 Å². The summed E-state index contributed by atoms with van der Waals surface area (Å²) in [6, 6.07) is 4.09. The lowest BCUT2D eigenvalue weighted by molar-refractivity contribution is -0.384. The van der Waals surface area contributed by atoms with Crippen LogP contribution in [0.3, 0.4) is 0 Å². The number of nitrogens with zero attached hydrogens (tertiary/aromatic N) is 1. The van der Waals surface area contributed by atoms with Gasteiger partial charge in [0, 0.05) is 22.2 Å². The van der Waals surface area contributed by atoms with E-state index in [0.717, 1.165) is 11.3 Å². The number of benzene rings is 1. The number of nitrogen functional groups attached to an aromatic ring is 1. The summed E-state index contributed by atoms with van der Waals surface area (Å²) in [6.07, 6.45) is 0. The molecule has 2 aromatic rings. The van der Waals surface area contributed by atoms with Gasteiger partial charge in [-0.15, -0.1) is 11.3 Å². The molecule has 0 amide bonds. The van der Waals surface area contributed by atoms with Crippen LogP contribution in [0, 0.1) is 10.1 Å². The van der Waals surface area contributed by atoms with Crippen LogP contribution in [0.5, 0.6) is 0 Å². The molecule has 0 fully saturated rings. The van der Waals surface area contributed by atoms with Crippen LogP contribution in [0.2, 0.25) is 0 Å². The number of non-ortho nitro benzene ring substituents is 1. The van der Waals surface area contributed by atoms with E-state index in [9.17, 15) is 14.9 Å². The van der Waals surface area contributed by atoms with Gasteiger partial charge in [-0.25, -0.2) is 4.79 Å². The highest BCUT2D eigenvalue weighted by molar-refractivity contribution is 7.21. The lowest BCUT2D eigenvalue weighted by atomic mass is 10.2. The Hall–Kier alpha value is -2.15. The predicted molar refractivity (Wildman–Crippen MR) is 59.9 cm³/mol. The number of nitro benzene ring substituents is 1. The van der Waals surface area contributed by atoms with E-state index in [-0.39, 0.29) is 16.3 Å². The molecule has 0 unspecified atom stereocenters. The number of hydrogen-bond acceptors (Lipinski definition) is 5. The summed E-state index contributed by atoms with van der Waals surface area (Å²) in [4.78, 5) is 20.8. The maximum absolute atomic E-state index is 10.8. The summed E-state index contributed by atoms with van der Waals surface area (Å²) in [6.45, 7) is 0. The molecule has 1 aromatic carbocycles. The number of nitrogens with two attached hydrogens (primary N) is 1. The second-order valence-corrected chi connectivity index (χ2v) is 4.14. The minimum atomic E-state index is -1.12. The van der Waals surface area contributed by atoms with E-state index in [2.05, 4.69) is 0 Å². The summed E-state index contributed by atoms with van der Waals surface area (Å²) in [5.74, 6) is -1.12. The average Bonchev–Trinajstić information content (AvgIpc) is 2.55. The largest absolute Gasteiger partial charge is 0.477 e. The van der Waals surface area contributed by atoms with E-state index in [0.29, 0.717) is 10.1 Å². The van der Waals surface area contributed by atoms with Crippen molar-refractivity contribution in [2.45, 2.75) is 0 Å². The zero-order chi connectivity index (χ0) is 11.9. The summed E-state index contributed by atoms with van der Waals surface area (Å²) < 4.78 is 0.504. The molecule has 16 heavy (non-hydrogen) atoms. The number of carbonyl (C=O) groups is 1. The maximum Gasteiger partial charge on any atom is 0.348 e. The van der Waals surface area contributed by atoms with Crippen LogP contribution in [0.25, 0.3) is 10.1 Å². The highest BCUT2D eigenvalue weighted by atomic mass is 32.1. The highest BCUT2D eigenvalue weighted by Crippen LogP contribution is 2.35. The van der Waals surface area contributed by atoms with Crippen LogP contribution in [0.4, 0.5) is 11.4 Å². The van der Waals surface area contributed by atoms with Gasteiger partial charge in [-0.3, -0.25) is 10.1 Å². The molecule has 3 N–H and O–H groups in total. The topological polar surface area (TPSA) is 106 Å². The lowest BCUT2D eigenvalue weighted by Crippen LogP contribution is -1.96. The molecule has 0 bridgehead atoms. The third-order valence-electron chi connectivity index (χ3n) is 2.12. The maximum atomic E-state index is 10.8. The molecule has 1 aromatic heterocycles. The number of rotatable bonds is 2. The van der Waals surface area contributed by atoms with Crippen molar-refractivity contribution in [1.29, 1.82) is 0 Å². The van der Waals surface area contributed by atoms with E-state index in [1.54, 1.807) is 0 Å². The Kier molecular flexibility index (Phi) is 2.24. The first kappa shape index (κ1) is 10.4. The van der Waals surface area contributed by atoms with E-state index in [4.69, 9.17) is 10.8 Å². The molecule has 0 saturated carbocycles. The number of carboxylic acids is 1. The molecule has 0 spiro atoms. The molecule has 0 saturated heterocycles. The van der Waals surface area contributed by atoms with Gasteiger partial charge in [-0.2, -0.15) is 0 Å². The first-order valence-corrected chi connectivity index (χ1v) is 5.02. The Morgan fingerprint density at radius 3 is 2.75 bits per heavy atom. The van der Waals surface area contributed by atoms with Crippen LogP contribution in [-0.4, -0.2) is 16.0 Å². The van der Waals surface area contributed by atoms with Crippen molar-refractivity contribution < 1.29 is 14.8 Å². The Morgan fingerprint density at radius 2 is 2.19 bits per heavy atom. The van der Waals surface area contributed by atoms with Gasteiger partial charge in [0.25, 0.3) is 5.69 Å². The van der Waals surface area contributed by atoms with Crippen molar-refractivity contribution in [3.8, 4) is 0 Å². The highest BCUT2D eigenvalue weighted by Gasteiger charge is 2.17. The second kappa shape index (κ2) is 3.46. The monoisotopic (exact) mass is 238 g/mol. The average molecular weight is 238 g/mol. The van der Waals surface area contributed by atoms with Crippen molar-refractivity contribution in [1.82, 2.24) is 0 Å². The number of anilines is 1. The number of aromatic carboxylic acids is 1. The van der Waals surface area contributed by atoms with Gasteiger partial charge in [0.05, 0.1) is 10.6 Å². The standard InChI is InChI=1S/C9H6N2O4S/c10-7-5-2-1-4(11(14)15)3-6(5)16-8(7)9(12)13/h1-3H,10H2,(H,12,13). The molecule has 0 radical (unpaired) electrons. The van der Waals surface area contributed by atoms with Gasteiger partial charge in [0.15, 0.2) is 0 Å². The fraction of sp³-hybridized carbons (Fsp3) is 0. The van der Waals surface area contributed by atoms with Crippen LogP contribution >= 0.6 is 11.3 Å². The molecule has 0 atom stereocenters. The number of fused-ring (bicyclic) bond motifs is 1. The molecular weight excluding hydrogens is 232 g/mol. The number of thiophene rings is 1. The second-order valence-electron chi connectivity index (χ2n) is 3.09. The smallest absolute Gasteiger partial charge is 0.348 e. The minimum Gasteiger partial charge on any atom is -0.477 e. The van der Waals surface area contributed by atoms with E-state index < -0.39 is 10.9 Å². The number of carboxylic acid groups (broad SMARTS) is 1. The normalized spacial score (nSPS) is 10.5. The fourth-order valence-electron chi connectivity index (χ4n) is 1.38. The number of hydrogen-bond donors (Lipinski definition) is 2. The van der Waals surface area contributed by atoms with Crippen LogP contribution < -0.4 is 5.73 Å². The summed E-state index contributed by atoms with van der Waals surface area (Å²) in [5.41, 5.74) is 5.70. The third-order valence-corrected chi connectivity index (χ3v) is 3.27. The van der Waals surface area contributed by atoms with Crippen molar-refractivity contribution >= 4 is 38.8 Å². The molecule has 0 aliphatic carbocycles. The summed E-state index contributed by atoms with van der Waals surface area (Å²) in [7, 11) is 0. The molecule has 6 nitrogen and oxygen atoms in total. The Morgan fingerprint density at radius 1 is 1.50 bits per heavy atom. The van der Waals surface area contributed by atoms with Crippen molar-refractivity contribution in [3.05, 3.63) is 33.2 Å². The van der Waals surface area contributed by atoms with Gasteiger partial charge >= 0.3 is 5.97 Å². The molecular formula is C9H6N2O4S. The first-order chi connectivity index (χ1) is 7.50. The molecule has 0 aliphatic rings. The fourth-order valence-corrected chi connectivity index (χ4v) is 2.37. The first-order valence-electron chi connectivity index (χ1n) is 4.20. The Balaban J connectivity index is 2.72. The summed E-state index contributed by atoms with van der Waals surface area (Å²) in [5, 5.41) is 19.9. The van der Waals surface area contributed by atoms with Gasteiger partial charge in [-0.1, -0.05) is 0 Å².